The highest BCUT2D eigenvalue weighted by molar-refractivity contribution is 5.97. The maximum atomic E-state index is 12.1. The van der Waals surface area contributed by atoms with Crippen LogP contribution in [-0.4, -0.2) is 34.1 Å². The van der Waals surface area contributed by atoms with E-state index in [9.17, 15) is 15.0 Å². The van der Waals surface area contributed by atoms with Gasteiger partial charge in [0.05, 0.1) is 5.56 Å². The van der Waals surface area contributed by atoms with E-state index in [-0.39, 0.29) is 23.0 Å². The minimum absolute atomic E-state index is 0.00242. The van der Waals surface area contributed by atoms with Crippen LogP contribution in [0.1, 0.15) is 30.1 Å². The molecule has 4 nitrogen and oxygen atoms in total. The minimum atomic E-state index is -0.200. The molecule has 1 aliphatic rings. The van der Waals surface area contributed by atoms with Crippen LogP contribution in [0, 0.1) is 5.92 Å². The normalized spacial score (nSPS) is 19.6. The Kier molecular flexibility index (Phi) is 3.22. The van der Waals surface area contributed by atoms with Crippen LogP contribution in [0.3, 0.4) is 0 Å². The average molecular weight is 235 g/mol. The van der Waals surface area contributed by atoms with E-state index in [4.69, 9.17) is 0 Å². The van der Waals surface area contributed by atoms with E-state index in [1.165, 1.54) is 18.2 Å². The molecule has 0 saturated carbocycles. The zero-order chi connectivity index (χ0) is 12.4. The van der Waals surface area contributed by atoms with Gasteiger partial charge in [-0.1, -0.05) is 13.3 Å². The van der Waals surface area contributed by atoms with Gasteiger partial charge in [-0.25, -0.2) is 0 Å². The first-order chi connectivity index (χ1) is 8.11. The molecule has 0 aliphatic carbocycles. The van der Waals surface area contributed by atoms with Crippen molar-refractivity contribution in [1.29, 1.82) is 0 Å². The van der Waals surface area contributed by atoms with Crippen molar-refractivity contribution in [3.05, 3.63) is 23.8 Å². The number of hydrogen-bond acceptors (Lipinski definition) is 3. The summed E-state index contributed by atoms with van der Waals surface area (Å²) < 4.78 is 0. The number of nitrogens with zero attached hydrogens (tertiary/aromatic N) is 1. The van der Waals surface area contributed by atoms with Crippen molar-refractivity contribution in [2.75, 3.05) is 13.1 Å². The number of aromatic hydroxyl groups is 2. The number of benzene rings is 1. The molecule has 0 radical (unpaired) electrons. The van der Waals surface area contributed by atoms with Crippen LogP contribution in [0.25, 0.3) is 0 Å². The summed E-state index contributed by atoms with van der Waals surface area (Å²) in [6, 6.07) is 4.03. The standard InChI is InChI=1S/C13H17NO3/c1-2-9-5-6-14(8-9)13(17)11-7-10(15)3-4-12(11)16/h3-4,7,9,15-16H,2,5-6,8H2,1H3. The average Bonchev–Trinajstić information content (AvgIpc) is 2.80. The summed E-state index contributed by atoms with van der Waals surface area (Å²) in [6.45, 7) is 3.58. The van der Waals surface area contributed by atoms with Crippen molar-refractivity contribution in [3.63, 3.8) is 0 Å². The number of carbonyl (C=O) groups is 1. The smallest absolute Gasteiger partial charge is 0.257 e. The highest BCUT2D eigenvalue weighted by atomic mass is 16.3. The zero-order valence-corrected chi connectivity index (χ0v) is 9.89. The molecule has 2 N–H and O–H groups in total. The van der Waals surface area contributed by atoms with Gasteiger partial charge in [-0.2, -0.15) is 0 Å². The zero-order valence-electron chi connectivity index (χ0n) is 9.89. The van der Waals surface area contributed by atoms with E-state index in [1.807, 2.05) is 0 Å². The predicted molar refractivity (Wildman–Crippen MR) is 64.1 cm³/mol. The van der Waals surface area contributed by atoms with E-state index in [2.05, 4.69) is 6.92 Å². The summed E-state index contributed by atoms with van der Waals surface area (Å²) in [6.07, 6.45) is 2.08. The minimum Gasteiger partial charge on any atom is -0.508 e. The molecular formula is C13H17NO3. The predicted octanol–water partition coefficient (Wildman–Crippen LogP) is 1.97. The Labute approximate surface area is 100 Å². The summed E-state index contributed by atoms with van der Waals surface area (Å²) in [5, 5.41) is 19.0. The van der Waals surface area contributed by atoms with E-state index in [0.717, 1.165) is 25.9 Å². The summed E-state index contributed by atoms with van der Waals surface area (Å²) in [5.74, 6) is 0.276. The molecule has 1 aliphatic heterocycles. The van der Waals surface area contributed by atoms with Crippen LogP contribution in [-0.2, 0) is 0 Å². The van der Waals surface area contributed by atoms with E-state index >= 15 is 0 Å². The van der Waals surface area contributed by atoms with Crippen LogP contribution < -0.4 is 0 Å². The summed E-state index contributed by atoms with van der Waals surface area (Å²) >= 11 is 0. The number of hydrogen-bond donors (Lipinski definition) is 2. The van der Waals surface area contributed by atoms with Gasteiger partial charge >= 0.3 is 0 Å². The monoisotopic (exact) mass is 235 g/mol. The molecule has 1 amide bonds. The molecule has 1 aromatic carbocycles. The number of carbonyl (C=O) groups excluding carboxylic acids is 1. The number of phenolic OH excluding ortho intramolecular Hbond substituents is 2. The van der Waals surface area contributed by atoms with Gasteiger partial charge in [0.1, 0.15) is 11.5 Å². The topological polar surface area (TPSA) is 60.8 Å². The van der Waals surface area contributed by atoms with Gasteiger partial charge in [-0.3, -0.25) is 4.79 Å². The number of amides is 1. The van der Waals surface area contributed by atoms with Gasteiger partial charge < -0.3 is 15.1 Å². The van der Waals surface area contributed by atoms with Gasteiger partial charge in [0.2, 0.25) is 0 Å². The van der Waals surface area contributed by atoms with Crippen LogP contribution in [0.5, 0.6) is 11.5 Å². The lowest BCUT2D eigenvalue weighted by molar-refractivity contribution is 0.0783. The van der Waals surface area contributed by atoms with Gasteiger partial charge in [0, 0.05) is 13.1 Å². The first-order valence-corrected chi connectivity index (χ1v) is 5.93. The number of phenols is 2. The van der Waals surface area contributed by atoms with Crippen molar-refractivity contribution < 1.29 is 15.0 Å². The summed E-state index contributed by atoms with van der Waals surface area (Å²) in [5.41, 5.74) is 0.182. The molecule has 1 heterocycles. The molecule has 4 heteroatoms. The van der Waals surface area contributed by atoms with Crippen molar-refractivity contribution in [1.82, 2.24) is 4.90 Å². The summed E-state index contributed by atoms with van der Waals surface area (Å²) in [4.78, 5) is 13.9. The Morgan fingerprint density at radius 2 is 2.24 bits per heavy atom. The van der Waals surface area contributed by atoms with E-state index in [0.29, 0.717) is 5.92 Å². The first kappa shape index (κ1) is 11.8. The van der Waals surface area contributed by atoms with Crippen LogP contribution in [0.2, 0.25) is 0 Å². The number of rotatable bonds is 2. The van der Waals surface area contributed by atoms with E-state index < -0.39 is 0 Å². The molecule has 0 aromatic heterocycles. The largest absolute Gasteiger partial charge is 0.508 e. The second-order valence-corrected chi connectivity index (χ2v) is 4.52. The fraction of sp³-hybridized carbons (Fsp3) is 0.462. The Balaban J connectivity index is 2.17. The molecule has 1 atom stereocenters. The van der Waals surface area contributed by atoms with Gasteiger partial charge in [0.25, 0.3) is 5.91 Å². The SMILES string of the molecule is CCC1CCN(C(=O)c2cc(O)ccc2O)C1. The Morgan fingerprint density at radius 1 is 1.47 bits per heavy atom. The molecule has 0 spiro atoms. The lowest BCUT2D eigenvalue weighted by atomic mass is 10.1. The Bertz CT molecular complexity index is 431. The highest BCUT2D eigenvalue weighted by Crippen LogP contribution is 2.26. The lowest BCUT2D eigenvalue weighted by Crippen LogP contribution is -2.28. The molecule has 1 aromatic rings. The fourth-order valence-electron chi connectivity index (χ4n) is 2.22. The van der Waals surface area contributed by atoms with Crippen molar-refractivity contribution in [2.24, 2.45) is 5.92 Å². The maximum Gasteiger partial charge on any atom is 0.257 e. The maximum absolute atomic E-state index is 12.1. The lowest BCUT2D eigenvalue weighted by Gasteiger charge is -2.17. The third-order valence-corrected chi connectivity index (χ3v) is 3.36. The quantitative estimate of drug-likeness (QED) is 0.770. The fourth-order valence-corrected chi connectivity index (χ4v) is 2.22. The molecular weight excluding hydrogens is 218 g/mol. The van der Waals surface area contributed by atoms with Gasteiger partial charge in [-0.15, -0.1) is 0 Å². The van der Waals surface area contributed by atoms with Crippen molar-refractivity contribution in [3.8, 4) is 11.5 Å². The Morgan fingerprint density at radius 3 is 2.88 bits per heavy atom. The van der Waals surface area contributed by atoms with Crippen LogP contribution in [0.15, 0.2) is 18.2 Å². The van der Waals surface area contributed by atoms with Crippen molar-refractivity contribution >= 4 is 5.91 Å². The van der Waals surface area contributed by atoms with E-state index in [1.54, 1.807) is 4.90 Å². The molecule has 0 bridgehead atoms. The third-order valence-electron chi connectivity index (χ3n) is 3.36. The molecule has 1 saturated heterocycles. The molecule has 17 heavy (non-hydrogen) atoms. The first-order valence-electron chi connectivity index (χ1n) is 5.93. The second kappa shape index (κ2) is 4.65. The highest BCUT2D eigenvalue weighted by Gasteiger charge is 2.27. The van der Waals surface area contributed by atoms with Crippen molar-refractivity contribution in [2.45, 2.75) is 19.8 Å². The molecule has 2 rings (SSSR count). The van der Waals surface area contributed by atoms with Crippen LogP contribution in [0.4, 0.5) is 0 Å². The second-order valence-electron chi connectivity index (χ2n) is 4.52. The Hall–Kier alpha value is -1.71. The van der Waals surface area contributed by atoms with Gasteiger partial charge in [-0.05, 0) is 30.5 Å². The molecule has 1 fully saturated rings. The molecule has 1 unspecified atom stereocenters. The van der Waals surface area contributed by atoms with Gasteiger partial charge in [0.15, 0.2) is 0 Å². The summed E-state index contributed by atoms with van der Waals surface area (Å²) in [7, 11) is 0. The number of likely N-dealkylation sites (tertiary alicyclic amines) is 1. The third kappa shape index (κ3) is 2.35. The molecule has 92 valence electrons. The van der Waals surface area contributed by atoms with Crippen LogP contribution >= 0.6 is 0 Å².